The molecular weight excluding hydrogens is 492 g/mol. The summed E-state index contributed by atoms with van der Waals surface area (Å²) in [5, 5.41) is 22.2. The Morgan fingerprint density at radius 1 is 0.868 bits per heavy atom. The molecule has 0 saturated carbocycles. The van der Waals surface area contributed by atoms with Crippen molar-refractivity contribution in [1.82, 2.24) is 4.98 Å². The average Bonchev–Trinajstić information content (AvgIpc) is 3.36. The second-order valence-electron chi connectivity index (χ2n) is 8.01. The van der Waals surface area contributed by atoms with Crippen molar-refractivity contribution in [3.05, 3.63) is 122 Å². The first kappa shape index (κ1) is 24.0. The number of carbonyl (C=O) groups is 1. The Morgan fingerprint density at radius 2 is 1.61 bits per heavy atom. The van der Waals surface area contributed by atoms with Gasteiger partial charge in [-0.1, -0.05) is 30.3 Å². The summed E-state index contributed by atoms with van der Waals surface area (Å²) in [6, 6.07) is 23.9. The fourth-order valence-electron chi connectivity index (χ4n) is 3.60. The van der Waals surface area contributed by atoms with E-state index in [4.69, 9.17) is 9.15 Å². The number of non-ortho nitro benzene ring substituents is 2. The first-order valence-electron chi connectivity index (χ1n) is 11.1. The third-order valence-corrected chi connectivity index (χ3v) is 5.38. The highest BCUT2D eigenvalue weighted by Crippen LogP contribution is 2.27. The molecule has 0 atom stereocenters. The summed E-state index contributed by atoms with van der Waals surface area (Å²) in [6.07, 6.45) is 1.56. The topological polar surface area (TPSA) is 151 Å². The Morgan fingerprint density at radius 3 is 2.32 bits per heavy atom. The normalized spacial score (nSPS) is 11.1. The number of nitro benzene ring substituents is 2. The summed E-state index contributed by atoms with van der Waals surface area (Å²) in [6.45, 7) is 0. The molecule has 0 radical (unpaired) electrons. The molecule has 1 aromatic heterocycles. The van der Waals surface area contributed by atoms with Crippen LogP contribution in [-0.4, -0.2) is 27.0 Å². The fraction of sp³-hybridized carbons (Fsp3) is 0. The highest BCUT2D eigenvalue weighted by atomic mass is 16.6. The van der Waals surface area contributed by atoms with Gasteiger partial charge in [0, 0.05) is 23.9 Å². The van der Waals surface area contributed by atoms with E-state index >= 15 is 0 Å². The molecule has 4 aromatic carbocycles. The highest BCUT2D eigenvalue weighted by molar-refractivity contribution is 5.93. The molecule has 5 aromatic rings. The zero-order chi connectivity index (χ0) is 26.6. The molecule has 38 heavy (non-hydrogen) atoms. The van der Waals surface area contributed by atoms with E-state index < -0.39 is 27.2 Å². The number of aliphatic imine (C=N–C) groups is 1. The van der Waals surface area contributed by atoms with Gasteiger partial charge < -0.3 is 9.15 Å². The summed E-state index contributed by atoms with van der Waals surface area (Å²) in [4.78, 5) is 42.1. The Bertz CT molecular complexity index is 1700. The van der Waals surface area contributed by atoms with Crippen molar-refractivity contribution in [2.45, 2.75) is 0 Å². The number of oxazole rings is 1. The predicted octanol–water partition coefficient (Wildman–Crippen LogP) is 6.28. The van der Waals surface area contributed by atoms with E-state index in [0.29, 0.717) is 28.2 Å². The molecular formula is C27H16N4O7. The first-order chi connectivity index (χ1) is 18.4. The average molecular weight is 508 g/mol. The van der Waals surface area contributed by atoms with Crippen molar-refractivity contribution >= 4 is 40.3 Å². The smallest absolute Gasteiger partial charge is 0.344 e. The maximum absolute atomic E-state index is 12.6. The number of rotatable bonds is 7. The van der Waals surface area contributed by atoms with Gasteiger partial charge in [0.25, 0.3) is 11.4 Å². The number of carbonyl (C=O) groups excluding carboxylic acids is 1. The van der Waals surface area contributed by atoms with Crippen molar-refractivity contribution < 1.29 is 23.8 Å². The van der Waals surface area contributed by atoms with E-state index in [9.17, 15) is 25.0 Å². The number of ether oxygens (including phenoxy) is 1. The summed E-state index contributed by atoms with van der Waals surface area (Å²) in [5.74, 6) is -0.338. The van der Waals surface area contributed by atoms with Gasteiger partial charge in [-0.15, -0.1) is 0 Å². The van der Waals surface area contributed by atoms with Crippen molar-refractivity contribution in [2.24, 2.45) is 4.99 Å². The Labute approximate surface area is 214 Å². The molecule has 0 amide bonds. The van der Waals surface area contributed by atoms with E-state index in [1.54, 1.807) is 36.5 Å². The van der Waals surface area contributed by atoms with Crippen LogP contribution in [0.25, 0.3) is 22.6 Å². The minimum atomic E-state index is -0.975. The zero-order valence-corrected chi connectivity index (χ0v) is 19.4. The van der Waals surface area contributed by atoms with Crippen LogP contribution in [0.5, 0.6) is 5.75 Å². The number of hydrogen-bond donors (Lipinski definition) is 0. The van der Waals surface area contributed by atoms with Crippen LogP contribution in [0, 0.1) is 20.2 Å². The Balaban J connectivity index is 1.34. The number of nitro groups is 2. The van der Waals surface area contributed by atoms with E-state index in [0.717, 1.165) is 23.8 Å². The zero-order valence-electron chi connectivity index (χ0n) is 19.4. The van der Waals surface area contributed by atoms with Crippen LogP contribution < -0.4 is 4.74 Å². The second kappa shape index (κ2) is 10.1. The van der Waals surface area contributed by atoms with Crippen molar-refractivity contribution in [2.75, 3.05) is 0 Å². The molecule has 0 bridgehead atoms. The molecule has 1 heterocycles. The summed E-state index contributed by atoms with van der Waals surface area (Å²) >= 11 is 0. The van der Waals surface area contributed by atoms with Crippen LogP contribution in [0.4, 0.5) is 17.1 Å². The molecule has 0 saturated heterocycles. The minimum absolute atomic E-state index is 0.132. The van der Waals surface area contributed by atoms with E-state index in [-0.39, 0.29) is 11.3 Å². The minimum Gasteiger partial charge on any atom is -0.436 e. The van der Waals surface area contributed by atoms with Gasteiger partial charge in [-0.25, -0.2) is 9.78 Å². The van der Waals surface area contributed by atoms with Gasteiger partial charge in [-0.3, -0.25) is 25.2 Å². The van der Waals surface area contributed by atoms with Crippen LogP contribution in [-0.2, 0) is 0 Å². The molecule has 0 fully saturated rings. The Hall–Kier alpha value is -5.71. The van der Waals surface area contributed by atoms with E-state index in [1.165, 1.54) is 12.1 Å². The quantitative estimate of drug-likeness (QED) is 0.0819. The number of benzene rings is 4. The molecule has 0 aliphatic carbocycles. The van der Waals surface area contributed by atoms with Gasteiger partial charge in [0.1, 0.15) is 11.3 Å². The predicted molar refractivity (Wildman–Crippen MR) is 138 cm³/mol. The van der Waals surface area contributed by atoms with Crippen LogP contribution in [0.3, 0.4) is 0 Å². The summed E-state index contributed by atoms with van der Waals surface area (Å²) in [7, 11) is 0. The molecule has 0 aliphatic rings. The lowest BCUT2D eigenvalue weighted by Gasteiger charge is -2.05. The number of esters is 1. The fourth-order valence-corrected chi connectivity index (χ4v) is 3.60. The van der Waals surface area contributed by atoms with Crippen molar-refractivity contribution in [1.29, 1.82) is 0 Å². The summed E-state index contributed by atoms with van der Waals surface area (Å²) < 4.78 is 11.1. The van der Waals surface area contributed by atoms with Gasteiger partial charge >= 0.3 is 5.97 Å². The molecule has 0 N–H and O–H groups in total. The lowest BCUT2D eigenvalue weighted by Crippen LogP contribution is -2.10. The van der Waals surface area contributed by atoms with Gasteiger partial charge in [-0.2, -0.15) is 0 Å². The molecule has 11 heteroatoms. The van der Waals surface area contributed by atoms with Crippen LogP contribution in [0.15, 0.2) is 100 Å². The molecule has 5 rings (SSSR count). The Kier molecular flexibility index (Phi) is 6.39. The number of aromatic nitrogens is 1. The number of hydrogen-bond acceptors (Lipinski definition) is 9. The van der Waals surface area contributed by atoms with Crippen molar-refractivity contribution in [3.8, 4) is 17.2 Å². The van der Waals surface area contributed by atoms with Crippen LogP contribution in [0.1, 0.15) is 15.9 Å². The standard InChI is InChI=1S/C27H16N4O7/c32-27(19-12-21(30(33)34)15-22(13-19)31(35)36)37-23-8-4-5-17(11-23)16-28-20-9-10-25-24(14-20)29-26(38-25)18-6-2-1-3-7-18/h1-16H. The number of nitrogens with zero attached hydrogens (tertiary/aromatic N) is 4. The van der Waals surface area contributed by atoms with Crippen LogP contribution >= 0.6 is 0 Å². The largest absolute Gasteiger partial charge is 0.436 e. The van der Waals surface area contributed by atoms with Gasteiger partial charge in [-0.05, 0) is 48.0 Å². The highest BCUT2D eigenvalue weighted by Gasteiger charge is 2.21. The number of fused-ring (bicyclic) bond motifs is 1. The molecule has 11 nitrogen and oxygen atoms in total. The van der Waals surface area contributed by atoms with Gasteiger partial charge in [0.2, 0.25) is 5.89 Å². The molecule has 186 valence electrons. The maximum atomic E-state index is 12.6. The van der Waals surface area contributed by atoms with Gasteiger partial charge in [0.15, 0.2) is 5.58 Å². The van der Waals surface area contributed by atoms with Gasteiger partial charge in [0.05, 0.1) is 27.2 Å². The summed E-state index contributed by atoms with van der Waals surface area (Å²) in [5.41, 5.74) is 1.85. The third kappa shape index (κ3) is 5.26. The second-order valence-corrected chi connectivity index (χ2v) is 8.01. The molecule has 0 spiro atoms. The molecule has 0 unspecified atom stereocenters. The maximum Gasteiger partial charge on any atom is 0.344 e. The SMILES string of the molecule is O=C(Oc1cccc(C=Nc2ccc3oc(-c4ccccc4)nc3c2)c1)c1cc([N+](=O)[O-])cc([N+](=O)[O-])c1. The molecule has 0 aliphatic heterocycles. The third-order valence-electron chi connectivity index (χ3n) is 5.38. The lowest BCUT2D eigenvalue weighted by molar-refractivity contribution is -0.394. The lowest BCUT2D eigenvalue weighted by atomic mass is 10.1. The first-order valence-corrected chi connectivity index (χ1v) is 11.1. The van der Waals surface area contributed by atoms with Crippen LogP contribution in [0.2, 0.25) is 0 Å². The van der Waals surface area contributed by atoms with E-state index in [1.807, 2.05) is 30.3 Å². The van der Waals surface area contributed by atoms with E-state index in [2.05, 4.69) is 9.98 Å². The monoisotopic (exact) mass is 508 g/mol. The van der Waals surface area contributed by atoms with Crippen molar-refractivity contribution in [3.63, 3.8) is 0 Å².